The molecule has 1 saturated carbocycles. The summed E-state index contributed by atoms with van der Waals surface area (Å²) in [6.45, 7) is 3.05. The van der Waals surface area contributed by atoms with Crippen LogP contribution < -0.4 is 5.32 Å². The molecule has 0 unspecified atom stereocenters. The molecule has 3 heterocycles. The van der Waals surface area contributed by atoms with E-state index in [1.54, 1.807) is 11.3 Å². The van der Waals surface area contributed by atoms with Gasteiger partial charge in [0, 0.05) is 37.9 Å². The molecule has 1 saturated heterocycles. The lowest BCUT2D eigenvalue weighted by molar-refractivity contribution is 0.151. The normalized spacial score (nSPS) is 21.2. The molecule has 112 valence electrons. The van der Waals surface area contributed by atoms with E-state index in [1.165, 1.54) is 32.2 Å². The van der Waals surface area contributed by atoms with Gasteiger partial charge >= 0.3 is 0 Å². The van der Waals surface area contributed by atoms with Gasteiger partial charge < -0.3 is 10.2 Å². The zero-order valence-electron chi connectivity index (χ0n) is 12.4. The van der Waals surface area contributed by atoms with Crippen LogP contribution >= 0.6 is 11.3 Å². The lowest BCUT2D eigenvalue weighted by Crippen LogP contribution is -2.42. The molecule has 0 radical (unpaired) electrons. The van der Waals surface area contributed by atoms with E-state index in [4.69, 9.17) is 0 Å². The van der Waals surface area contributed by atoms with E-state index in [0.29, 0.717) is 5.41 Å². The SMILES string of the molecule is CN=C(NCc1cn2ccsc2n1)N1CCC2(CCC2)C1. The number of hydrogen-bond acceptors (Lipinski definition) is 3. The predicted octanol–water partition coefficient (Wildman–Crippen LogP) is 2.35. The topological polar surface area (TPSA) is 44.9 Å². The average molecular weight is 303 g/mol. The fourth-order valence-corrected chi connectivity index (χ4v) is 4.28. The molecule has 1 aliphatic heterocycles. The van der Waals surface area contributed by atoms with Gasteiger partial charge in [-0.1, -0.05) is 6.42 Å². The molecular weight excluding hydrogens is 282 g/mol. The minimum atomic E-state index is 0.606. The van der Waals surface area contributed by atoms with Crippen LogP contribution in [0.15, 0.2) is 22.8 Å². The van der Waals surface area contributed by atoms with Gasteiger partial charge in [-0.15, -0.1) is 11.3 Å². The summed E-state index contributed by atoms with van der Waals surface area (Å²) < 4.78 is 2.07. The first-order valence-electron chi connectivity index (χ1n) is 7.65. The molecule has 2 aromatic heterocycles. The Morgan fingerprint density at radius 3 is 3.05 bits per heavy atom. The number of guanidine groups is 1. The maximum atomic E-state index is 4.61. The van der Waals surface area contributed by atoms with E-state index in [2.05, 4.69) is 36.2 Å². The van der Waals surface area contributed by atoms with Crippen LogP contribution in [0.4, 0.5) is 0 Å². The molecule has 0 amide bonds. The standard InChI is InChI=1S/C15H21N5S/c1-16-13(20-6-5-15(11-20)3-2-4-15)17-9-12-10-19-7-8-21-14(19)18-12/h7-8,10H,2-6,9,11H2,1H3,(H,16,17). The van der Waals surface area contributed by atoms with Gasteiger partial charge in [0.15, 0.2) is 10.9 Å². The fourth-order valence-electron chi connectivity index (χ4n) is 3.56. The number of aliphatic imine (C=N–C) groups is 1. The van der Waals surface area contributed by atoms with Crippen LogP contribution in [0, 0.1) is 5.41 Å². The maximum absolute atomic E-state index is 4.61. The third-order valence-electron chi connectivity index (χ3n) is 4.93. The number of nitrogens with one attached hydrogen (secondary N) is 1. The number of fused-ring (bicyclic) bond motifs is 1. The second-order valence-corrected chi connectivity index (χ2v) is 7.12. The first-order chi connectivity index (χ1) is 10.3. The summed E-state index contributed by atoms with van der Waals surface area (Å²) in [4.78, 5) is 12.5. The van der Waals surface area contributed by atoms with Crippen molar-refractivity contribution in [1.82, 2.24) is 19.6 Å². The van der Waals surface area contributed by atoms with Gasteiger partial charge in [-0.2, -0.15) is 0 Å². The quantitative estimate of drug-likeness (QED) is 0.684. The van der Waals surface area contributed by atoms with E-state index >= 15 is 0 Å². The number of thiazole rings is 1. The van der Waals surface area contributed by atoms with Crippen LogP contribution in [-0.4, -0.2) is 40.4 Å². The van der Waals surface area contributed by atoms with E-state index in [-0.39, 0.29) is 0 Å². The number of hydrogen-bond donors (Lipinski definition) is 1. The Balaban J connectivity index is 1.39. The number of rotatable bonds is 2. The molecule has 6 heteroatoms. The Morgan fingerprint density at radius 1 is 1.48 bits per heavy atom. The van der Waals surface area contributed by atoms with Crippen LogP contribution in [0.5, 0.6) is 0 Å². The fraction of sp³-hybridized carbons (Fsp3) is 0.600. The van der Waals surface area contributed by atoms with Crippen LogP contribution in [-0.2, 0) is 6.54 Å². The van der Waals surface area contributed by atoms with E-state index in [1.807, 2.05) is 13.2 Å². The Hall–Kier alpha value is -1.56. The summed E-state index contributed by atoms with van der Waals surface area (Å²) >= 11 is 1.67. The molecule has 2 fully saturated rings. The highest BCUT2D eigenvalue weighted by Crippen LogP contribution is 2.47. The molecule has 21 heavy (non-hydrogen) atoms. The highest BCUT2D eigenvalue weighted by Gasteiger charge is 2.43. The largest absolute Gasteiger partial charge is 0.351 e. The molecule has 0 bridgehead atoms. The lowest BCUT2D eigenvalue weighted by Gasteiger charge is -2.38. The van der Waals surface area contributed by atoms with Gasteiger partial charge in [-0.25, -0.2) is 4.98 Å². The maximum Gasteiger partial charge on any atom is 0.193 e. The summed E-state index contributed by atoms with van der Waals surface area (Å²) in [5, 5.41) is 5.53. The smallest absolute Gasteiger partial charge is 0.193 e. The molecule has 0 aromatic carbocycles. The summed E-state index contributed by atoms with van der Waals surface area (Å²) in [7, 11) is 1.87. The molecule has 1 aliphatic carbocycles. The number of likely N-dealkylation sites (tertiary alicyclic amines) is 1. The van der Waals surface area contributed by atoms with Gasteiger partial charge in [-0.3, -0.25) is 9.39 Å². The summed E-state index contributed by atoms with van der Waals surface area (Å²) in [5.41, 5.74) is 1.68. The van der Waals surface area contributed by atoms with Crippen molar-refractivity contribution < 1.29 is 0 Å². The van der Waals surface area contributed by atoms with Crippen molar-refractivity contribution in [1.29, 1.82) is 0 Å². The molecular formula is C15H21N5S. The van der Waals surface area contributed by atoms with Gasteiger partial charge in [0.05, 0.1) is 12.2 Å². The molecule has 0 atom stereocenters. The zero-order chi connectivity index (χ0) is 14.3. The molecule has 4 rings (SSSR count). The second kappa shape index (κ2) is 5.02. The number of aromatic nitrogens is 2. The summed E-state index contributed by atoms with van der Waals surface area (Å²) in [6, 6.07) is 0. The molecule has 2 aromatic rings. The molecule has 5 nitrogen and oxygen atoms in total. The Labute approximate surface area is 128 Å². The molecule has 1 spiro atoms. The van der Waals surface area contributed by atoms with E-state index in [0.717, 1.165) is 29.7 Å². The monoisotopic (exact) mass is 303 g/mol. The van der Waals surface area contributed by atoms with Crippen molar-refractivity contribution in [3.05, 3.63) is 23.5 Å². The van der Waals surface area contributed by atoms with Gasteiger partial charge in [0.1, 0.15) is 0 Å². The van der Waals surface area contributed by atoms with Crippen LogP contribution in [0.3, 0.4) is 0 Å². The minimum Gasteiger partial charge on any atom is -0.351 e. The third kappa shape index (κ3) is 2.31. The van der Waals surface area contributed by atoms with Crippen LogP contribution in [0.2, 0.25) is 0 Å². The third-order valence-corrected chi connectivity index (χ3v) is 5.71. The molecule has 2 aliphatic rings. The van der Waals surface area contributed by atoms with Crippen LogP contribution in [0.1, 0.15) is 31.4 Å². The van der Waals surface area contributed by atoms with Gasteiger partial charge in [0.25, 0.3) is 0 Å². The Morgan fingerprint density at radius 2 is 2.38 bits per heavy atom. The summed E-state index contributed by atoms with van der Waals surface area (Å²) in [6.07, 6.45) is 9.67. The zero-order valence-corrected chi connectivity index (χ0v) is 13.2. The van der Waals surface area contributed by atoms with Crippen molar-refractivity contribution >= 4 is 22.3 Å². The van der Waals surface area contributed by atoms with Gasteiger partial charge in [-0.05, 0) is 24.7 Å². The van der Waals surface area contributed by atoms with Crippen molar-refractivity contribution in [3.63, 3.8) is 0 Å². The summed E-state index contributed by atoms with van der Waals surface area (Å²) in [5.74, 6) is 1.02. The van der Waals surface area contributed by atoms with Crippen molar-refractivity contribution in [3.8, 4) is 0 Å². The average Bonchev–Trinajstić information content (AvgIpc) is 3.11. The van der Waals surface area contributed by atoms with Gasteiger partial charge in [0.2, 0.25) is 0 Å². The van der Waals surface area contributed by atoms with Crippen molar-refractivity contribution in [2.45, 2.75) is 32.2 Å². The molecule has 1 N–H and O–H groups in total. The second-order valence-electron chi connectivity index (χ2n) is 6.25. The number of nitrogens with zero attached hydrogens (tertiary/aromatic N) is 4. The predicted molar refractivity (Wildman–Crippen MR) is 85.7 cm³/mol. The first-order valence-corrected chi connectivity index (χ1v) is 8.53. The highest BCUT2D eigenvalue weighted by molar-refractivity contribution is 7.15. The van der Waals surface area contributed by atoms with E-state index < -0.39 is 0 Å². The van der Waals surface area contributed by atoms with Crippen molar-refractivity contribution in [2.75, 3.05) is 20.1 Å². The Bertz CT molecular complexity index is 638. The highest BCUT2D eigenvalue weighted by atomic mass is 32.1. The lowest BCUT2D eigenvalue weighted by atomic mass is 9.68. The van der Waals surface area contributed by atoms with Crippen molar-refractivity contribution in [2.24, 2.45) is 10.4 Å². The van der Waals surface area contributed by atoms with Crippen LogP contribution in [0.25, 0.3) is 4.96 Å². The Kier molecular flexibility index (Phi) is 3.14. The number of imidazole rings is 1. The minimum absolute atomic E-state index is 0.606. The first kappa shape index (κ1) is 13.1. The van der Waals surface area contributed by atoms with E-state index in [9.17, 15) is 0 Å².